The third-order valence-electron chi connectivity index (χ3n) is 3.60. The van der Waals surface area contributed by atoms with E-state index < -0.39 is 18.5 Å². The number of carbonyl (C=O) groups excluding carboxylic acids is 3. The first-order chi connectivity index (χ1) is 12.5. The minimum absolute atomic E-state index is 0.0644. The Morgan fingerprint density at radius 1 is 1.12 bits per heavy atom. The first-order valence-electron chi connectivity index (χ1n) is 8.53. The Morgan fingerprint density at radius 3 is 2.38 bits per heavy atom. The smallest absolute Gasteiger partial charge is 0.344 e. The molecule has 0 aromatic heterocycles. The van der Waals surface area contributed by atoms with Gasteiger partial charge in [-0.25, -0.2) is 4.79 Å². The number of benzene rings is 1. The highest BCUT2D eigenvalue weighted by Gasteiger charge is 2.24. The van der Waals surface area contributed by atoms with Crippen LogP contribution in [-0.4, -0.2) is 62.1 Å². The number of hydrogen-bond acceptors (Lipinski definition) is 6. The van der Waals surface area contributed by atoms with Gasteiger partial charge in [-0.1, -0.05) is 12.1 Å². The van der Waals surface area contributed by atoms with E-state index in [9.17, 15) is 14.4 Å². The van der Waals surface area contributed by atoms with Crippen molar-refractivity contribution in [1.29, 1.82) is 0 Å². The van der Waals surface area contributed by atoms with Crippen LogP contribution in [0.3, 0.4) is 0 Å². The van der Waals surface area contributed by atoms with Crippen molar-refractivity contribution >= 4 is 17.8 Å². The minimum Gasteiger partial charge on any atom is -0.490 e. The summed E-state index contributed by atoms with van der Waals surface area (Å²) in [5, 5.41) is 2.79. The van der Waals surface area contributed by atoms with Gasteiger partial charge in [-0.3, -0.25) is 9.59 Å². The standard InChI is InChI=1S/C18H24N2O6/c1-3-24-14-6-4-5-7-15(14)25-12-18(23)26-11-17(22)20(2)10-16(21)19-13-8-9-13/h4-7,13H,3,8-12H2,1-2H3,(H,19,21). The van der Waals surface area contributed by atoms with E-state index >= 15 is 0 Å². The number of likely N-dealkylation sites (N-methyl/N-ethyl adjacent to an activating group) is 1. The van der Waals surface area contributed by atoms with Gasteiger partial charge in [-0.15, -0.1) is 0 Å². The van der Waals surface area contributed by atoms with Crippen molar-refractivity contribution in [3.63, 3.8) is 0 Å². The Morgan fingerprint density at radius 2 is 1.77 bits per heavy atom. The summed E-state index contributed by atoms with van der Waals surface area (Å²) in [6, 6.07) is 7.20. The Kier molecular flexibility index (Phi) is 7.25. The van der Waals surface area contributed by atoms with Gasteiger partial charge in [0, 0.05) is 13.1 Å². The molecule has 2 amide bonds. The second-order valence-electron chi connectivity index (χ2n) is 5.92. The van der Waals surface area contributed by atoms with Crippen LogP contribution in [0.5, 0.6) is 11.5 Å². The lowest BCUT2D eigenvalue weighted by Crippen LogP contribution is -2.40. The molecule has 0 spiro atoms. The Bertz CT molecular complexity index is 644. The molecule has 0 atom stereocenters. The molecule has 0 aliphatic heterocycles. The topological polar surface area (TPSA) is 94.2 Å². The minimum atomic E-state index is -0.680. The van der Waals surface area contributed by atoms with Crippen LogP contribution < -0.4 is 14.8 Å². The van der Waals surface area contributed by atoms with Gasteiger partial charge in [0.25, 0.3) is 5.91 Å². The maximum absolute atomic E-state index is 11.9. The van der Waals surface area contributed by atoms with Crippen molar-refractivity contribution in [1.82, 2.24) is 10.2 Å². The predicted molar refractivity (Wildman–Crippen MR) is 92.9 cm³/mol. The largest absolute Gasteiger partial charge is 0.490 e. The molecule has 1 aromatic carbocycles. The Balaban J connectivity index is 1.69. The van der Waals surface area contributed by atoms with Crippen LogP contribution in [0.25, 0.3) is 0 Å². The number of hydrogen-bond donors (Lipinski definition) is 1. The zero-order valence-corrected chi connectivity index (χ0v) is 15.0. The Labute approximate surface area is 152 Å². The number of carbonyl (C=O) groups is 3. The van der Waals surface area contributed by atoms with Crippen LogP contribution in [0.4, 0.5) is 0 Å². The van der Waals surface area contributed by atoms with Gasteiger partial charge in [0.2, 0.25) is 5.91 Å². The van der Waals surface area contributed by atoms with Crippen LogP contribution in [-0.2, 0) is 19.1 Å². The van der Waals surface area contributed by atoms with E-state index in [4.69, 9.17) is 14.2 Å². The lowest BCUT2D eigenvalue weighted by Gasteiger charge is -2.16. The monoisotopic (exact) mass is 364 g/mol. The lowest BCUT2D eigenvalue weighted by molar-refractivity contribution is -0.153. The molecule has 0 heterocycles. The van der Waals surface area contributed by atoms with Gasteiger partial charge in [-0.05, 0) is 31.9 Å². The molecule has 1 saturated carbocycles. The molecule has 0 radical (unpaired) electrons. The summed E-state index contributed by atoms with van der Waals surface area (Å²) in [4.78, 5) is 36.5. The molecule has 8 heteroatoms. The zero-order chi connectivity index (χ0) is 18.9. The van der Waals surface area contributed by atoms with Gasteiger partial charge in [0.05, 0.1) is 13.2 Å². The number of amides is 2. The molecule has 0 saturated heterocycles. The number of rotatable bonds is 10. The quantitative estimate of drug-likeness (QED) is 0.616. The highest BCUT2D eigenvalue weighted by atomic mass is 16.6. The molecule has 1 aliphatic carbocycles. The van der Waals surface area contributed by atoms with Crippen LogP contribution in [0, 0.1) is 0 Å². The van der Waals surface area contributed by atoms with E-state index in [-0.39, 0.29) is 25.1 Å². The van der Waals surface area contributed by atoms with Crippen molar-refractivity contribution in [2.75, 3.05) is 33.4 Å². The van der Waals surface area contributed by atoms with E-state index in [2.05, 4.69) is 5.32 Å². The summed E-state index contributed by atoms with van der Waals surface area (Å²) in [7, 11) is 1.48. The Hall–Kier alpha value is -2.77. The normalized spacial score (nSPS) is 12.8. The second-order valence-corrected chi connectivity index (χ2v) is 5.92. The van der Waals surface area contributed by atoms with Gasteiger partial charge in [-0.2, -0.15) is 0 Å². The van der Waals surface area contributed by atoms with E-state index in [1.807, 2.05) is 6.92 Å². The van der Waals surface area contributed by atoms with Crippen molar-refractivity contribution in [3.8, 4) is 11.5 Å². The van der Waals surface area contributed by atoms with Crippen molar-refractivity contribution in [3.05, 3.63) is 24.3 Å². The number of nitrogens with one attached hydrogen (secondary N) is 1. The summed E-state index contributed by atoms with van der Waals surface area (Å²) >= 11 is 0. The molecule has 0 unspecified atom stereocenters. The number of nitrogens with zero attached hydrogens (tertiary/aromatic N) is 1. The van der Waals surface area contributed by atoms with Crippen molar-refractivity contribution < 1.29 is 28.6 Å². The molecule has 26 heavy (non-hydrogen) atoms. The van der Waals surface area contributed by atoms with E-state index in [0.29, 0.717) is 18.1 Å². The highest BCUT2D eigenvalue weighted by molar-refractivity contribution is 5.86. The maximum Gasteiger partial charge on any atom is 0.344 e. The lowest BCUT2D eigenvalue weighted by atomic mass is 10.3. The van der Waals surface area contributed by atoms with Crippen LogP contribution in [0.2, 0.25) is 0 Å². The predicted octanol–water partition coefficient (Wildman–Crippen LogP) is 0.744. The molecule has 8 nitrogen and oxygen atoms in total. The fourth-order valence-electron chi connectivity index (χ4n) is 2.08. The first-order valence-corrected chi connectivity index (χ1v) is 8.53. The van der Waals surface area contributed by atoms with Gasteiger partial charge in [0.15, 0.2) is 24.7 Å². The summed E-state index contributed by atoms with van der Waals surface area (Å²) in [5.41, 5.74) is 0. The number of ether oxygens (including phenoxy) is 3. The fraction of sp³-hybridized carbons (Fsp3) is 0.500. The molecule has 142 valence electrons. The van der Waals surface area contributed by atoms with Gasteiger partial charge >= 0.3 is 5.97 Å². The first kappa shape index (κ1) is 19.6. The second kappa shape index (κ2) is 9.65. The van der Waals surface area contributed by atoms with Crippen molar-refractivity contribution in [2.45, 2.75) is 25.8 Å². The average Bonchev–Trinajstić information content (AvgIpc) is 3.42. The number of para-hydroxylation sites is 2. The third kappa shape index (κ3) is 6.62. The molecule has 1 N–H and O–H groups in total. The van der Waals surface area contributed by atoms with Crippen LogP contribution in [0.15, 0.2) is 24.3 Å². The summed E-state index contributed by atoms with van der Waals surface area (Å²) in [6.07, 6.45) is 1.96. The third-order valence-corrected chi connectivity index (χ3v) is 3.60. The van der Waals surface area contributed by atoms with Crippen LogP contribution >= 0.6 is 0 Å². The maximum atomic E-state index is 11.9. The zero-order valence-electron chi connectivity index (χ0n) is 15.0. The number of esters is 1. The summed E-state index contributed by atoms with van der Waals surface area (Å²) < 4.78 is 15.7. The average molecular weight is 364 g/mol. The summed E-state index contributed by atoms with van der Waals surface area (Å²) in [5.74, 6) is -0.406. The molecular weight excluding hydrogens is 340 g/mol. The molecule has 1 fully saturated rings. The molecular formula is C18H24N2O6. The summed E-state index contributed by atoms with van der Waals surface area (Å²) in [6.45, 7) is 1.47. The van der Waals surface area contributed by atoms with E-state index in [1.165, 1.54) is 11.9 Å². The molecule has 1 aliphatic rings. The van der Waals surface area contributed by atoms with Crippen molar-refractivity contribution in [2.24, 2.45) is 0 Å². The van der Waals surface area contributed by atoms with Crippen LogP contribution in [0.1, 0.15) is 19.8 Å². The molecule has 1 aromatic rings. The fourth-order valence-corrected chi connectivity index (χ4v) is 2.08. The van der Waals surface area contributed by atoms with Gasteiger partial charge < -0.3 is 24.4 Å². The van der Waals surface area contributed by atoms with E-state index in [1.54, 1.807) is 24.3 Å². The molecule has 0 bridgehead atoms. The van der Waals surface area contributed by atoms with Gasteiger partial charge in [0.1, 0.15) is 0 Å². The highest BCUT2D eigenvalue weighted by Crippen LogP contribution is 2.26. The van der Waals surface area contributed by atoms with E-state index in [0.717, 1.165) is 12.8 Å². The SMILES string of the molecule is CCOc1ccccc1OCC(=O)OCC(=O)N(C)CC(=O)NC1CC1. The molecule has 2 rings (SSSR count).